The van der Waals surface area contributed by atoms with E-state index in [1.54, 1.807) is 16.3 Å². The monoisotopic (exact) mass is 330 g/mol. The number of fused-ring (bicyclic) bond motifs is 1. The predicted molar refractivity (Wildman–Crippen MR) is 89.2 cm³/mol. The van der Waals surface area contributed by atoms with Crippen molar-refractivity contribution in [2.24, 2.45) is 0 Å². The zero-order valence-electron chi connectivity index (χ0n) is 14.2. The van der Waals surface area contributed by atoms with Crippen LogP contribution in [0.3, 0.4) is 0 Å². The summed E-state index contributed by atoms with van der Waals surface area (Å²) in [6, 6.07) is 3.64. The van der Waals surface area contributed by atoms with E-state index >= 15 is 0 Å². The Labute approximate surface area is 140 Å². The van der Waals surface area contributed by atoms with E-state index in [1.807, 2.05) is 32.2 Å². The summed E-state index contributed by atoms with van der Waals surface area (Å²) in [5.74, 6) is 0.597. The summed E-state index contributed by atoms with van der Waals surface area (Å²) >= 11 is 0. The SMILES string of the molecule is CCOc1cccn2c(C(=O)NC3CCC(=O)N(C)C3)c(C)nc12. The summed E-state index contributed by atoms with van der Waals surface area (Å²) in [6.45, 7) is 4.79. The van der Waals surface area contributed by atoms with Crippen molar-refractivity contribution in [3.8, 4) is 5.75 Å². The van der Waals surface area contributed by atoms with E-state index in [0.29, 0.717) is 48.8 Å². The first kappa shape index (κ1) is 16.3. The van der Waals surface area contributed by atoms with Crippen LogP contribution in [-0.2, 0) is 4.79 Å². The number of imidazole rings is 1. The lowest BCUT2D eigenvalue weighted by molar-refractivity contribution is -0.132. The number of pyridine rings is 1. The minimum atomic E-state index is -0.179. The Morgan fingerprint density at radius 1 is 1.50 bits per heavy atom. The number of hydrogen-bond acceptors (Lipinski definition) is 4. The van der Waals surface area contributed by atoms with Crippen LogP contribution < -0.4 is 10.1 Å². The van der Waals surface area contributed by atoms with Gasteiger partial charge in [0.15, 0.2) is 11.4 Å². The Hall–Kier alpha value is -2.57. The smallest absolute Gasteiger partial charge is 0.270 e. The highest BCUT2D eigenvalue weighted by Gasteiger charge is 2.26. The van der Waals surface area contributed by atoms with E-state index in [0.717, 1.165) is 0 Å². The average Bonchev–Trinajstić information content (AvgIpc) is 2.88. The predicted octanol–water partition coefficient (Wildman–Crippen LogP) is 1.39. The average molecular weight is 330 g/mol. The van der Waals surface area contributed by atoms with Crippen molar-refractivity contribution in [2.75, 3.05) is 20.2 Å². The summed E-state index contributed by atoms with van der Waals surface area (Å²) in [5.41, 5.74) is 1.80. The second-order valence-corrected chi connectivity index (χ2v) is 6.03. The molecule has 7 nitrogen and oxygen atoms in total. The van der Waals surface area contributed by atoms with Crippen LogP contribution in [-0.4, -0.2) is 52.3 Å². The molecule has 2 amide bonds. The fourth-order valence-corrected chi connectivity index (χ4v) is 3.08. The molecule has 1 atom stereocenters. The Morgan fingerprint density at radius 3 is 3.00 bits per heavy atom. The molecular formula is C17H22N4O3. The van der Waals surface area contributed by atoms with Gasteiger partial charge >= 0.3 is 0 Å². The lowest BCUT2D eigenvalue weighted by Gasteiger charge is -2.30. The van der Waals surface area contributed by atoms with Crippen molar-refractivity contribution < 1.29 is 14.3 Å². The molecule has 24 heavy (non-hydrogen) atoms. The van der Waals surface area contributed by atoms with Crippen LogP contribution in [0.2, 0.25) is 0 Å². The van der Waals surface area contributed by atoms with Crippen molar-refractivity contribution in [1.29, 1.82) is 0 Å². The third-order valence-corrected chi connectivity index (χ3v) is 4.27. The molecule has 3 heterocycles. The van der Waals surface area contributed by atoms with E-state index < -0.39 is 0 Å². The molecule has 1 aliphatic rings. The molecule has 128 valence electrons. The maximum Gasteiger partial charge on any atom is 0.270 e. The molecule has 1 saturated heterocycles. The van der Waals surface area contributed by atoms with Crippen molar-refractivity contribution in [2.45, 2.75) is 32.7 Å². The van der Waals surface area contributed by atoms with Gasteiger partial charge in [-0.3, -0.25) is 14.0 Å². The first-order chi connectivity index (χ1) is 11.5. The van der Waals surface area contributed by atoms with Gasteiger partial charge in [0.2, 0.25) is 5.91 Å². The molecule has 7 heteroatoms. The van der Waals surface area contributed by atoms with Gasteiger partial charge in [-0.1, -0.05) is 0 Å². The standard InChI is InChI=1S/C17H22N4O3/c1-4-24-13-6-5-9-21-15(11(2)18-16(13)21)17(23)19-12-7-8-14(22)20(3)10-12/h5-6,9,12H,4,7-8,10H2,1-3H3,(H,19,23). The maximum absolute atomic E-state index is 12.7. The van der Waals surface area contributed by atoms with E-state index in [2.05, 4.69) is 10.3 Å². The molecule has 1 aliphatic heterocycles. The number of nitrogens with zero attached hydrogens (tertiary/aromatic N) is 3. The molecule has 2 aromatic heterocycles. The lowest BCUT2D eigenvalue weighted by atomic mass is 10.1. The molecule has 3 rings (SSSR count). The van der Waals surface area contributed by atoms with Gasteiger partial charge in [0.05, 0.1) is 12.3 Å². The molecule has 0 saturated carbocycles. The quantitative estimate of drug-likeness (QED) is 0.919. The van der Waals surface area contributed by atoms with Gasteiger partial charge in [-0.15, -0.1) is 0 Å². The normalized spacial score (nSPS) is 18.0. The number of hydrogen-bond donors (Lipinski definition) is 1. The Morgan fingerprint density at radius 2 is 2.29 bits per heavy atom. The van der Waals surface area contributed by atoms with Gasteiger partial charge in [-0.25, -0.2) is 4.98 Å². The van der Waals surface area contributed by atoms with Gasteiger partial charge in [0, 0.05) is 32.3 Å². The number of carbonyl (C=O) groups is 2. The van der Waals surface area contributed by atoms with Crippen LogP contribution in [0.4, 0.5) is 0 Å². The molecular weight excluding hydrogens is 308 g/mol. The fraction of sp³-hybridized carbons (Fsp3) is 0.471. The molecule has 0 aliphatic carbocycles. The number of likely N-dealkylation sites (N-methyl/N-ethyl adjacent to an activating group) is 1. The first-order valence-electron chi connectivity index (χ1n) is 8.16. The maximum atomic E-state index is 12.7. The number of nitrogens with one attached hydrogen (secondary N) is 1. The number of rotatable bonds is 4. The number of aromatic nitrogens is 2. The van der Waals surface area contributed by atoms with Crippen LogP contribution in [0.25, 0.3) is 5.65 Å². The summed E-state index contributed by atoms with van der Waals surface area (Å²) < 4.78 is 7.34. The Kier molecular flexibility index (Phi) is 4.42. The van der Waals surface area contributed by atoms with Crippen LogP contribution >= 0.6 is 0 Å². The highest BCUT2D eigenvalue weighted by molar-refractivity contribution is 5.95. The lowest BCUT2D eigenvalue weighted by Crippen LogP contribution is -2.48. The second-order valence-electron chi connectivity index (χ2n) is 6.03. The molecule has 0 aromatic carbocycles. The number of amides is 2. The van der Waals surface area contributed by atoms with Crippen molar-refractivity contribution in [3.63, 3.8) is 0 Å². The minimum Gasteiger partial charge on any atom is -0.490 e. The topological polar surface area (TPSA) is 75.9 Å². The van der Waals surface area contributed by atoms with Crippen LogP contribution in [0.15, 0.2) is 18.3 Å². The van der Waals surface area contributed by atoms with Crippen LogP contribution in [0.5, 0.6) is 5.75 Å². The van der Waals surface area contributed by atoms with E-state index in [4.69, 9.17) is 4.74 Å². The van der Waals surface area contributed by atoms with Crippen LogP contribution in [0, 0.1) is 6.92 Å². The van der Waals surface area contributed by atoms with Crippen molar-refractivity contribution >= 4 is 17.5 Å². The molecule has 1 unspecified atom stereocenters. The highest BCUT2D eigenvalue weighted by atomic mass is 16.5. The Balaban J connectivity index is 1.86. The van der Waals surface area contributed by atoms with E-state index in [9.17, 15) is 9.59 Å². The first-order valence-corrected chi connectivity index (χ1v) is 8.16. The number of ether oxygens (including phenoxy) is 1. The Bertz CT molecular complexity index is 783. The van der Waals surface area contributed by atoms with Crippen molar-refractivity contribution in [1.82, 2.24) is 19.6 Å². The van der Waals surface area contributed by atoms with E-state index in [-0.39, 0.29) is 17.9 Å². The van der Waals surface area contributed by atoms with E-state index in [1.165, 1.54) is 0 Å². The summed E-state index contributed by atoms with van der Waals surface area (Å²) in [5, 5.41) is 3.02. The summed E-state index contributed by atoms with van der Waals surface area (Å²) in [6.07, 6.45) is 2.93. The summed E-state index contributed by atoms with van der Waals surface area (Å²) in [7, 11) is 1.76. The molecule has 0 radical (unpaired) electrons. The second kappa shape index (κ2) is 6.51. The largest absolute Gasteiger partial charge is 0.490 e. The zero-order chi connectivity index (χ0) is 17.3. The van der Waals surface area contributed by atoms with Crippen molar-refractivity contribution in [3.05, 3.63) is 29.7 Å². The zero-order valence-corrected chi connectivity index (χ0v) is 14.2. The summed E-state index contributed by atoms with van der Waals surface area (Å²) in [4.78, 5) is 30.5. The molecule has 1 N–H and O–H groups in total. The minimum absolute atomic E-state index is 0.0415. The molecule has 0 bridgehead atoms. The third kappa shape index (κ3) is 2.93. The number of carbonyl (C=O) groups excluding carboxylic acids is 2. The van der Waals surface area contributed by atoms with Gasteiger partial charge in [0.1, 0.15) is 5.69 Å². The van der Waals surface area contributed by atoms with Gasteiger partial charge in [-0.2, -0.15) is 0 Å². The molecule has 1 fully saturated rings. The third-order valence-electron chi connectivity index (χ3n) is 4.27. The number of aryl methyl sites for hydroxylation is 1. The van der Waals surface area contributed by atoms with Gasteiger partial charge in [0.25, 0.3) is 5.91 Å². The highest BCUT2D eigenvalue weighted by Crippen LogP contribution is 2.22. The number of likely N-dealkylation sites (tertiary alicyclic amines) is 1. The fourth-order valence-electron chi connectivity index (χ4n) is 3.08. The van der Waals surface area contributed by atoms with Gasteiger partial charge < -0.3 is 15.0 Å². The molecule has 2 aromatic rings. The van der Waals surface area contributed by atoms with Crippen LogP contribution in [0.1, 0.15) is 35.9 Å². The van der Waals surface area contributed by atoms with Gasteiger partial charge in [-0.05, 0) is 32.4 Å². The molecule has 0 spiro atoms. The number of piperidine rings is 1.